The molecule has 2 aromatic carbocycles. The van der Waals surface area contributed by atoms with E-state index in [0.29, 0.717) is 17.1 Å². The highest BCUT2D eigenvalue weighted by Gasteiger charge is 2.10. The molecule has 0 aliphatic carbocycles. The lowest BCUT2D eigenvalue weighted by Crippen LogP contribution is -2.28. The normalized spacial score (nSPS) is 10.9. The van der Waals surface area contributed by atoms with Crippen molar-refractivity contribution in [2.45, 2.75) is 19.8 Å². The molecular formula is C20H17O6-. The summed E-state index contributed by atoms with van der Waals surface area (Å²) in [6.07, 6.45) is 1.23. The summed E-state index contributed by atoms with van der Waals surface area (Å²) in [4.78, 5) is 23.0. The van der Waals surface area contributed by atoms with Gasteiger partial charge in [0.05, 0.1) is 11.4 Å². The molecule has 6 nitrogen and oxygen atoms in total. The molecule has 0 radical (unpaired) electrons. The van der Waals surface area contributed by atoms with Crippen molar-refractivity contribution in [1.29, 1.82) is 0 Å². The molecule has 0 unspecified atom stereocenters. The lowest BCUT2D eigenvalue weighted by molar-refractivity contribution is -0.307. The number of hydrogen-bond acceptors (Lipinski definition) is 6. The van der Waals surface area contributed by atoms with Gasteiger partial charge in [-0.15, -0.1) is 0 Å². The second-order valence-corrected chi connectivity index (χ2v) is 6.07. The minimum Gasteiger partial charge on any atom is -0.546 e. The van der Waals surface area contributed by atoms with Gasteiger partial charge in [0.1, 0.15) is 30.0 Å². The average Bonchev–Trinajstić information content (AvgIpc) is 2.62. The Morgan fingerprint density at radius 1 is 1.12 bits per heavy atom. The summed E-state index contributed by atoms with van der Waals surface area (Å²) in [7, 11) is 0. The number of carboxylic acids is 1. The second-order valence-electron chi connectivity index (χ2n) is 6.07. The number of fused-ring (bicyclic) bond motifs is 1. The zero-order chi connectivity index (χ0) is 18.7. The largest absolute Gasteiger partial charge is 0.546 e. The lowest BCUT2D eigenvalue weighted by Gasteiger charge is -2.09. The van der Waals surface area contributed by atoms with Gasteiger partial charge in [0, 0.05) is 6.07 Å². The summed E-state index contributed by atoms with van der Waals surface area (Å²) in [5.41, 5.74) is 1.12. The molecule has 1 heterocycles. The topological polar surface area (TPSA) is 88.8 Å². The molecule has 0 aliphatic heterocycles. The number of rotatable bonds is 6. The average molecular weight is 353 g/mol. The maximum absolute atomic E-state index is 12.6. The van der Waals surface area contributed by atoms with Crippen LogP contribution in [0.3, 0.4) is 0 Å². The molecule has 134 valence electrons. The molecule has 1 aromatic heterocycles. The quantitative estimate of drug-likeness (QED) is 0.677. The van der Waals surface area contributed by atoms with Gasteiger partial charge in [-0.1, -0.05) is 26.0 Å². The van der Waals surface area contributed by atoms with Crippen LogP contribution in [0.2, 0.25) is 0 Å². The summed E-state index contributed by atoms with van der Waals surface area (Å²) in [6.45, 7) is 3.61. The molecule has 6 heteroatoms. The highest BCUT2D eigenvalue weighted by Crippen LogP contribution is 2.25. The van der Waals surface area contributed by atoms with E-state index in [9.17, 15) is 14.7 Å². The van der Waals surface area contributed by atoms with Crippen molar-refractivity contribution < 1.29 is 23.8 Å². The molecule has 0 amide bonds. The van der Waals surface area contributed by atoms with E-state index in [0.717, 1.165) is 0 Å². The minimum absolute atomic E-state index is 0.0678. The number of carboxylic acid groups (broad SMARTS) is 1. The van der Waals surface area contributed by atoms with E-state index >= 15 is 0 Å². The number of benzene rings is 2. The van der Waals surface area contributed by atoms with Gasteiger partial charge in [-0.25, -0.2) is 0 Å². The molecule has 3 rings (SSSR count). The van der Waals surface area contributed by atoms with Gasteiger partial charge in [-0.05, 0) is 35.7 Å². The third kappa shape index (κ3) is 3.85. The standard InChI is InChI=1S/C20H18O6/c1-12(2)13-3-5-14(6-4-13)26-18-10-25-17-9-15(24-11-19(21)22)7-8-16(17)20(18)23/h3-10,12H,11H2,1-2H3,(H,21,22)/p-1. The molecular weight excluding hydrogens is 336 g/mol. The highest BCUT2D eigenvalue weighted by atomic mass is 16.5. The Morgan fingerprint density at radius 2 is 1.81 bits per heavy atom. The maximum Gasteiger partial charge on any atom is 0.235 e. The van der Waals surface area contributed by atoms with Crippen LogP contribution in [-0.4, -0.2) is 12.6 Å². The van der Waals surface area contributed by atoms with E-state index in [1.807, 2.05) is 12.1 Å². The van der Waals surface area contributed by atoms with Gasteiger partial charge in [0.2, 0.25) is 11.2 Å². The summed E-state index contributed by atoms with van der Waals surface area (Å²) >= 11 is 0. The number of hydrogen-bond donors (Lipinski definition) is 0. The molecule has 0 saturated carbocycles. The molecule has 3 aromatic rings. The Labute approximate surface area is 149 Å². The fraction of sp³-hybridized carbons (Fsp3) is 0.200. The number of aliphatic carboxylic acids is 1. The summed E-state index contributed by atoms with van der Waals surface area (Å²) < 4.78 is 16.1. The van der Waals surface area contributed by atoms with Crippen molar-refractivity contribution in [2.24, 2.45) is 0 Å². The predicted molar refractivity (Wildman–Crippen MR) is 93.6 cm³/mol. The van der Waals surface area contributed by atoms with Crippen molar-refractivity contribution in [3.8, 4) is 17.2 Å². The van der Waals surface area contributed by atoms with Crippen LogP contribution in [-0.2, 0) is 4.79 Å². The molecule has 0 spiro atoms. The molecule has 0 fully saturated rings. The monoisotopic (exact) mass is 353 g/mol. The zero-order valence-corrected chi connectivity index (χ0v) is 14.4. The Kier molecular flexibility index (Phi) is 4.93. The van der Waals surface area contributed by atoms with E-state index in [1.165, 1.54) is 30.0 Å². The van der Waals surface area contributed by atoms with E-state index < -0.39 is 12.6 Å². The SMILES string of the molecule is CC(C)c1ccc(Oc2coc3cc(OCC(=O)[O-])ccc3c2=O)cc1. The van der Waals surface area contributed by atoms with Crippen LogP contribution in [0.15, 0.2) is 57.9 Å². The maximum atomic E-state index is 12.6. The molecule has 0 N–H and O–H groups in total. The van der Waals surface area contributed by atoms with Crippen LogP contribution >= 0.6 is 0 Å². The second kappa shape index (κ2) is 7.31. The molecule has 26 heavy (non-hydrogen) atoms. The zero-order valence-electron chi connectivity index (χ0n) is 14.4. The Hall–Kier alpha value is -3.28. The summed E-state index contributed by atoms with van der Waals surface area (Å²) in [6, 6.07) is 11.9. The summed E-state index contributed by atoms with van der Waals surface area (Å²) in [5, 5.41) is 10.7. The number of carbonyl (C=O) groups is 1. The van der Waals surface area contributed by atoms with Gasteiger partial charge in [0.15, 0.2) is 0 Å². The number of ether oxygens (including phenoxy) is 2. The minimum atomic E-state index is -1.33. The first kappa shape index (κ1) is 17.5. The predicted octanol–water partition coefficient (Wildman–Crippen LogP) is 2.84. The molecule has 0 saturated heterocycles. The van der Waals surface area contributed by atoms with Crippen molar-refractivity contribution in [2.75, 3.05) is 6.61 Å². The molecule has 0 aliphatic rings. The van der Waals surface area contributed by atoms with Gasteiger partial charge in [0.25, 0.3) is 0 Å². The van der Waals surface area contributed by atoms with E-state index in [4.69, 9.17) is 13.9 Å². The van der Waals surface area contributed by atoms with Crippen LogP contribution in [0.4, 0.5) is 0 Å². The number of carbonyl (C=O) groups excluding carboxylic acids is 1. The van der Waals surface area contributed by atoms with Gasteiger partial charge in [-0.2, -0.15) is 0 Å². The first-order valence-electron chi connectivity index (χ1n) is 8.10. The lowest BCUT2D eigenvalue weighted by atomic mass is 10.0. The van der Waals surface area contributed by atoms with Crippen molar-refractivity contribution in [3.05, 3.63) is 64.5 Å². The van der Waals surface area contributed by atoms with Gasteiger partial charge in [-0.3, -0.25) is 4.79 Å². The van der Waals surface area contributed by atoms with Crippen LogP contribution in [0.25, 0.3) is 11.0 Å². The van der Waals surface area contributed by atoms with Crippen molar-refractivity contribution >= 4 is 16.9 Å². The highest BCUT2D eigenvalue weighted by molar-refractivity contribution is 5.79. The van der Waals surface area contributed by atoms with Crippen LogP contribution in [0.5, 0.6) is 17.2 Å². The van der Waals surface area contributed by atoms with E-state index in [2.05, 4.69) is 13.8 Å². The molecule has 0 atom stereocenters. The van der Waals surface area contributed by atoms with Crippen LogP contribution in [0.1, 0.15) is 25.3 Å². The van der Waals surface area contributed by atoms with Crippen LogP contribution < -0.4 is 20.0 Å². The van der Waals surface area contributed by atoms with Gasteiger partial charge >= 0.3 is 0 Å². The molecule has 0 bridgehead atoms. The first-order chi connectivity index (χ1) is 12.4. The van der Waals surface area contributed by atoms with E-state index in [-0.39, 0.29) is 22.5 Å². The third-order valence-electron chi connectivity index (χ3n) is 3.85. The van der Waals surface area contributed by atoms with Crippen molar-refractivity contribution in [3.63, 3.8) is 0 Å². The smallest absolute Gasteiger partial charge is 0.235 e. The summed E-state index contributed by atoms with van der Waals surface area (Å²) in [5.74, 6) is -0.0575. The van der Waals surface area contributed by atoms with Gasteiger partial charge < -0.3 is 23.8 Å². The Bertz CT molecular complexity index is 985. The fourth-order valence-corrected chi connectivity index (χ4v) is 2.44. The van der Waals surface area contributed by atoms with E-state index in [1.54, 1.807) is 12.1 Å². The third-order valence-corrected chi connectivity index (χ3v) is 3.85. The fourth-order valence-electron chi connectivity index (χ4n) is 2.44. The first-order valence-corrected chi connectivity index (χ1v) is 8.10. The van der Waals surface area contributed by atoms with Crippen LogP contribution in [0, 0.1) is 0 Å². The Balaban J connectivity index is 1.85. The van der Waals surface area contributed by atoms with Crippen molar-refractivity contribution in [1.82, 2.24) is 0 Å². The Morgan fingerprint density at radius 3 is 2.46 bits per heavy atom.